The van der Waals surface area contributed by atoms with Gasteiger partial charge in [-0.3, -0.25) is 4.79 Å². The highest BCUT2D eigenvalue weighted by Gasteiger charge is 2.28. The molecule has 1 aliphatic rings. The summed E-state index contributed by atoms with van der Waals surface area (Å²) in [4.78, 5) is 14.6. The minimum atomic E-state index is -0.0539. The number of nitrogens with one attached hydrogen (secondary N) is 1. The Hall–Kier alpha value is -1.95. The first-order valence-corrected chi connectivity index (χ1v) is 6.94. The van der Waals surface area contributed by atoms with E-state index in [2.05, 4.69) is 5.32 Å². The highest BCUT2D eigenvalue weighted by Crippen LogP contribution is 2.40. The van der Waals surface area contributed by atoms with Gasteiger partial charge in [-0.2, -0.15) is 0 Å². The number of hydrogen-bond acceptors (Lipinski definition) is 5. The number of piperazine rings is 1. The van der Waals surface area contributed by atoms with Crippen molar-refractivity contribution in [3.8, 4) is 17.2 Å². The SMILES string of the molecule is COc1ccc(C(=O)N2CCNCC2C)c(OC)c1OC. The summed E-state index contributed by atoms with van der Waals surface area (Å²) in [5.74, 6) is 1.34. The molecular formula is C15H22N2O4. The van der Waals surface area contributed by atoms with E-state index in [0.29, 0.717) is 29.4 Å². The molecule has 1 aromatic carbocycles. The maximum absolute atomic E-state index is 12.8. The van der Waals surface area contributed by atoms with Crippen LogP contribution in [0.25, 0.3) is 0 Å². The van der Waals surface area contributed by atoms with Crippen molar-refractivity contribution >= 4 is 5.91 Å². The summed E-state index contributed by atoms with van der Waals surface area (Å²) in [6.07, 6.45) is 0. The topological polar surface area (TPSA) is 60.0 Å². The predicted molar refractivity (Wildman–Crippen MR) is 79.5 cm³/mol. The van der Waals surface area contributed by atoms with Gasteiger partial charge in [0.2, 0.25) is 5.75 Å². The minimum Gasteiger partial charge on any atom is -0.493 e. The van der Waals surface area contributed by atoms with Crippen molar-refractivity contribution in [1.29, 1.82) is 0 Å². The third-order valence-electron chi connectivity index (χ3n) is 3.70. The fourth-order valence-electron chi connectivity index (χ4n) is 2.57. The third-order valence-corrected chi connectivity index (χ3v) is 3.70. The number of nitrogens with zero attached hydrogens (tertiary/aromatic N) is 1. The average Bonchev–Trinajstić information content (AvgIpc) is 2.52. The zero-order valence-electron chi connectivity index (χ0n) is 12.9. The third kappa shape index (κ3) is 2.90. The van der Waals surface area contributed by atoms with E-state index in [0.717, 1.165) is 13.1 Å². The van der Waals surface area contributed by atoms with Crippen molar-refractivity contribution in [2.45, 2.75) is 13.0 Å². The normalized spacial score (nSPS) is 18.3. The summed E-state index contributed by atoms with van der Waals surface area (Å²) in [7, 11) is 4.61. The molecule has 116 valence electrons. The van der Waals surface area contributed by atoms with Crippen LogP contribution in [0, 0.1) is 0 Å². The lowest BCUT2D eigenvalue weighted by molar-refractivity contribution is 0.0651. The van der Waals surface area contributed by atoms with Gasteiger partial charge in [-0.25, -0.2) is 0 Å². The lowest BCUT2D eigenvalue weighted by Gasteiger charge is -2.34. The highest BCUT2D eigenvalue weighted by atomic mass is 16.5. The van der Waals surface area contributed by atoms with Crippen LogP contribution >= 0.6 is 0 Å². The second kappa shape index (κ2) is 6.67. The van der Waals surface area contributed by atoms with E-state index in [9.17, 15) is 4.79 Å². The number of ether oxygens (including phenoxy) is 3. The van der Waals surface area contributed by atoms with Crippen LogP contribution in [-0.2, 0) is 0 Å². The van der Waals surface area contributed by atoms with Gasteiger partial charge in [0.25, 0.3) is 5.91 Å². The van der Waals surface area contributed by atoms with Crippen molar-refractivity contribution in [3.63, 3.8) is 0 Å². The van der Waals surface area contributed by atoms with Crippen molar-refractivity contribution in [2.24, 2.45) is 0 Å². The van der Waals surface area contributed by atoms with E-state index in [1.165, 1.54) is 14.2 Å². The van der Waals surface area contributed by atoms with E-state index in [1.807, 2.05) is 11.8 Å². The number of amides is 1. The molecule has 1 saturated heterocycles. The number of rotatable bonds is 4. The van der Waals surface area contributed by atoms with Crippen LogP contribution in [0.1, 0.15) is 17.3 Å². The molecule has 1 heterocycles. The molecule has 0 saturated carbocycles. The summed E-state index contributed by atoms with van der Waals surface area (Å²) in [5.41, 5.74) is 0.490. The Morgan fingerprint density at radius 3 is 2.48 bits per heavy atom. The molecule has 1 unspecified atom stereocenters. The highest BCUT2D eigenvalue weighted by molar-refractivity contribution is 5.98. The van der Waals surface area contributed by atoms with Gasteiger partial charge in [0.1, 0.15) is 0 Å². The molecule has 2 rings (SSSR count). The Labute approximate surface area is 125 Å². The van der Waals surface area contributed by atoms with Crippen LogP contribution in [-0.4, -0.2) is 57.8 Å². The Morgan fingerprint density at radius 1 is 1.19 bits per heavy atom. The zero-order valence-corrected chi connectivity index (χ0v) is 12.9. The Balaban J connectivity index is 2.40. The lowest BCUT2D eigenvalue weighted by Crippen LogP contribution is -2.52. The molecule has 6 heteroatoms. The average molecular weight is 294 g/mol. The van der Waals surface area contributed by atoms with E-state index < -0.39 is 0 Å². The zero-order chi connectivity index (χ0) is 15.4. The number of carbonyl (C=O) groups is 1. The van der Waals surface area contributed by atoms with Crippen LogP contribution in [0.5, 0.6) is 17.2 Å². The van der Waals surface area contributed by atoms with Crippen LogP contribution < -0.4 is 19.5 Å². The summed E-state index contributed by atoms with van der Waals surface area (Å²) < 4.78 is 16.0. The van der Waals surface area contributed by atoms with Crippen LogP contribution in [0.2, 0.25) is 0 Å². The predicted octanol–water partition coefficient (Wildman–Crippen LogP) is 1.15. The molecule has 1 atom stereocenters. The molecule has 6 nitrogen and oxygen atoms in total. The van der Waals surface area contributed by atoms with Gasteiger partial charge in [-0.05, 0) is 19.1 Å². The molecule has 0 radical (unpaired) electrons. The Morgan fingerprint density at radius 2 is 1.90 bits per heavy atom. The van der Waals surface area contributed by atoms with Gasteiger partial charge in [0, 0.05) is 25.7 Å². The fraction of sp³-hybridized carbons (Fsp3) is 0.533. The van der Waals surface area contributed by atoms with Crippen molar-refractivity contribution in [2.75, 3.05) is 41.0 Å². The Bertz CT molecular complexity index is 519. The maximum atomic E-state index is 12.8. The van der Waals surface area contributed by atoms with E-state index in [-0.39, 0.29) is 11.9 Å². The number of carbonyl (C=O) groups excluding carboxylic acids is 1. The summed E-state index contributed by atoms with van der Waals surface area (Å²) >= 11 is 0. The van der Waals surface area contributed by atoms with Gasteiger partial charge in [0.05, 0.1) is 26.9 Å². The second-order valence-corrected chi connectivity index (χ2v) is 4.93. The molecular weight excluding hydrogens is 272 g/mol. The first-order chi connectivity index (χ1) is 10.1. The fourth-order valence-corrected chi connectivity index (χ4v) is 2.57. The maximum Gasteiger partial charge on any atom is 0.258 e. The molecule has 0 aromatic heterocycles. The van der Waals surface area contributed by atoms with Crippen LogP contribution in [0.3, 0.4) is 0 Å². The smallest absolute Gasteiger partial charge is 0.258 e. The van der Waals surface area contributed by atoms with E-state index >= 15 is 0 Å². The molecule has 21 heavy (non-hydrogen) atoms. The second-order valence-electron chi connectivity index (χ2n) is 4.93. The van der Waals surface area contributed by atoms with Crippen LogP contribution in [0.4, 0.5) is 0 Å². The standard InChI is InChI=1S/C15H22N2O4/c1-10-9-16-7-8-17(10)15(18)11-5-6-12(19-2)14(21-4)13(11)20-3/h5-6,10,16H,7-9H2,1-4H3. The first-order valence-electron chi connectivity index (χ1n) is 6.94. The monoisotopic (exact) mass is 294 g/mol. The molecule has 0 aliphatic carbocycles. The van der Waals surface area contributed by atoms with Crippen molar-refractivity contribution in [3.05, 3.63) is 17.7 Å². The number of benzene rings is 1. The molecule has 1 aliphatic heterocycles. The Kier molecular flexibility index (Phi) is 4.90. The van der Waals surface area contributed by atoms with Crippen LogP contribution in [0.15, 0.2) is 12.1 Å². The van der Waals surface area contributed by atoms with Gasteiger partial charge >= 0.3 is 0 Å². The van der Waals surface area contributed by atoms with E-state index in [4.69, 9.17) is 14.2 Å². The number of methoxy groups -OCH3 is 3. The molecule has 1 aromatic rings. The molecule has 0 spiro atoms. The van der Waals surface area contributed by atoms with Gasteiger partial charge in [-0.15, -0.1) is 0 Å². The molecule has 1 amide bonds. The quantitative estimate of drug-likeness (QED) is 0.902. The summed E-state index contributed by atoms with van der Waals surface area (Å²) in [6.45, 7) is 4.29. The summed E-state index contributed by atoms with van der Waals surface area (Å²) in [6, 6.07) is 3.59. The number of hydrogen-bond donors (Lipinski definition) is 1. The molecule has 1 fully saturated rings. The van der Waals surface area contributed by atoms with Crippen molar-refractivity contribution in [1.82, 2.24) is 10.2 Å². The van der Waals surface area contributed by atoms with E-state index in [1.54, 1.807) is 19.2 Å². The van der Waals surface area contributed by atoms with Crippen molar-refractivity contribution < 1.29 is 19.0 Å². The molecule has 0 bridgehead atoms. The first kappa shape index (κ1) is 15.4. The van der Waals surface area contributed by atoms with Gasteiger partial charge in [0.15, 0.2) is 11.5 Å². The van der Waals surface area contributed by atoms with Gasteiger partial charge < -0.3 is 24.4 Å². The van der Waals surface area contributed by atoms with Gasteiger partial charge in [-0.1, -0.05) is 0 Å². The summed E-state index contributed by atoms with van der Waals surface area (Å²) in [5, 5.41) is 3.27. The molecule has 1 N–H and O–H groups in total. The lowest BCUT2D eigenvalue weighted by atomic mass is 10.1. The largest absolute Gasteiger partial charge is 0.493 e. The minimum absolute atomic E-state index is 0.0539.